The molecule has 1 aromatic heterocycles. The lowest BCUT2D eigenvalue weighted by Gasteiger charge is -2.40. The zero-order chi connectivity index (χ0) is 16.3. The highest BCUT2D eigenvalue weighted by Crippen LogP contribution is 2.35. The highest BCUT2D eigenvalue weighted by atomic mass is 32.1. The van der Waals surface area contributed by atoms with Gasteiger partial charge in [-0.3, -0.25) is 4.90 Å². The number of halogens is 1. The van der Waals surface area contributed by atoms with Crippen LogP contribution >= 0.6 is 11.3 Å². The summed E-state index contributed by atoms with van der Waals surface area (Å²) in [5, 5.41) is 12.4. The summed E-state index contributed by atoms with van der Waals surface area (Å²) in [5.41, 5.74) is 1.69. The minimum absolute atomic E-state index is 0.108. The molecule has 2 heterocycles. The van der Waals surface area contributed by atoms with Crippen molar-refractivity contribution >= 4 is 11.3 Å². The van der Waals surface area contributed by atoms with E-state index in [-0.39, 0.29) is 17.8 Å². The third-order valence-corrected chi connectivity index (χ3v) is 5.97. The van der Waals surface area contributed by atoms with E-state index in [9.17, 15) is 9.50 Å². The first-order valence-corrected chi connectivity index (χ1v) is 9.06. The van der Waals surface area contributed by atoms with Crippen molar-refractivity contribution < 1.29 is 9.50 Å². The van der Waals surface area contributed by atoms with Gasteiger partial charge in [-0.25, -0.2) is 9.37 Å². The number of aliphatic hydroxyl groups is 1. The van der Waals surface area contributed by atoms with Crippen molar-refractivity contribution in [2.24, 2.45) is 5.41 Å². The Morgan fingerprint density at radius 1 is 1.30 bits per heavy atom. The highest BCUT2D eigenvalue weighted by Gasteiger charge is 2.32. The number of hydrogen-bond acceptors (Lipinski definition) is 4. The number of aromatic nitrogens is 1. The van der Waals surface area contributed by atoms with E-state index in [4.69, 9.17) is 0 Å². The molecule has 1 N–H and O–H groups in total. The molecule has 0 aliphatic carbocycles. The summed E-state index contributed by atoms with van der Waals surface area (Å²) in [6, 6.07) is 6.78. The van der Waals surface area contributed by atoms with Crippen LogP contribution in [-0.2, 0) is 6.54 Å². The van der Waals surface area contributed by atoms with Crippen LogP contribution < -0.4 is 0 Å². The molecule has 124 valence electrons. The molecule has 1 aliphatic heterocycles. The Morgan fingerprint density at radius 2 is 2.04 bits per heavy atom. The zero-order valence-electron chi connectivity index (χ0n) is 13.5. The maximum Gasteiger partial charge on any atom is 0.133 e. The maximum atomic E-state index is 13.8. The lowest BCUT2D eigenvalue weighted by molar-refractivity contribution is 0.0379. The van der Waals surface area contributed by atoms with Gasteiger partial charge in [0.05, 0.1) is 5.69 Å². The normalized spacial score (nSPS) is 18.2. The fourth-order valence-corrected chi connectivity index (χ4v) is 4.01. The van der Waals surface area contributed by atoms with Crippen LogP contribution in [0.5, 0.6) is 0 Å². The summed E-state index contributed by atoms with van der Waals surface area (Å²) in [6.07, 6.45) is 3.10. The maximum absolute atomic E-state index is 13.8. The molecule has 1 saturated heterocycles. The molecule has 0 spiro atoms. The van der Waals surface area contributed by atoms with Gasteiger partial charge in [0.15, 0.2) is 0 Å². The van der Waals surface area contributed by atoms with Crippen molar-refractivity contribution in [1.29, 1.82) is 0 Å². The molecule has 0 unspecified atom stereocenters. The van der Waals surface area contributed by atoms with Gasteiger partial charge in [0.2, 0.25) is 0 Å². The average Bonchev–Trinajstić information content (AvgIpc) is 3.04. The monoisotopic (exact) mass is 334 g/mol. The first-order valence-electron chi connectivity index (χ1n) is 8.18. The molecule has 0 amide bonds. The molecule has 3 nitrogen and oxygen atoms in total. The summed E-state index contributed by atoms with van der Waals surface area (Å²) in [7, 11) is 0. The molecule has 0 saturated carbocycles. The molecular formula is C18H23FN2OS. The van der Waals surface area contributed by atoms with Crippen LogP contribution in [0.2, 0.25) is 0 Å². The molecular weight excluding hydrogens is 311 g/mol. The lowest BCUT2D eigenvalue weighted by atomic mass is 9.77. The molecule has 23 heavy (non-hydrogen) atoms. The van der Waals surface area contributed by atoms with E-state index in [1.165, 1.54) is 17.4 Å². The minimum atomic E-state index is -0.220. The second-order valence-corrected chi connectivity index (χ2v) is 7.27. The predicted molar refractivity (Wildman–Crippen MR) is 91.8 cm³/mol. The quantitative estimate of drug-likeness (QED) is 0.900. The van der Waals surface area contributed by atoms with Gasteiger partial charge in [0.25, 0.3) is 0 Å². The Morgan fingerprint density at radius 3 is 2.70 bits per heavy atom. The van der Waals surface area contributed by atoms with Crippen LogP contribution in [0.3, 0.4) is 0 Å². The summed E-state index contributed by atoms with van der Waals surface area (Å²) in [5.74, 6) is -0.220. The van der Waals surface area contributed by atoms with E-state index in [0.717, 1.165) is 49.6 Å². The Labute approximate surface area is 140 Å². The number of thiazole rings is 1. The molecule has 0 radical (unpaired) electrons. The first kappa shape index (κ1) is 16.6. The van der Waals surface area contributed by atoms with Gasteiger partial charge >= 0.3 is 0 Å². The number of likely N-dealkylation sites (tertiary alicyclic amines) is 1. The molecule has 1 aliphatic rings. The average molecular weight is 334 g/mol. The second kappa shape index (κ2) is 7.07. The van der Waals surface area contributed by atoms with Gasteiger partial charge < -0.3 is 5.11 Å². The molecule has 3 rings (SSSR count). The van der Waals surface area contributed by atoms with Gasteiger partial charge in [-0.15, -0.1) is 11.3 Å². The third kappa shape index (κ3) is 3.62. The summed E-state index contributed by atoms with van der Waals surface area (Å²) in [4.78, 5) is 6.98. The predicted octanol–water partition coefficient (Wildman–Crippen LogP) is 3.93. The van der Waals surface area contributed by atoms with Crippen molar-refractivity contribution in [1.82, 2.24) is 9.88 Å². The molecule has 1 fully saturated rings. The van der Waals surface area contributed by atoms with Crippen LogP contribution in [0.1, 0.15) is 31.9 Å². The van der Waals surface area contributed by atoms with Crippen molar-refractivity contribution in [3.63, 3.8) is 0 Å². The summed E-state index contributed by atoms with van der Waals surface area (Å²) in [6.45, 7) is 5.22. The van der Waals surface area contributed by atoms with Crippen LogP contribution in [0.25, 0.3) is 10.6 Å². The lowest BCUT2D eigenvalue weighted by Crippen LogP contribution is -2.41. The molecule has 5 heteroatoms. The van der Waals surface area contributed by atoms with Crippen LogP contribution in [0.15, 0.2) is 29.6 Å². The van der Waals surface area contributed by atoms with E-state index in [0.29, 0.717) is 5.56 Å². The molecule has 1 aromatic carbocycles. The van der Waals surface area contributed by atoms with Crippen molar-refractivity contribution in [3.05, 3.63) is 41.2 Å². The van der Waals surface area contributed by atoms with Crippen LogP contribution in [-0.4, -0.2) is 34.7 Å². The van der Waals surface area contributed by atoms with Crippen LogP contribution in [0, 0.1) is 11.2 Å². The van der Waals surface area contributed by atoms with Gasteiger partial charge in [-0.05, 0) is 49.9 Å². The number of piperidine rings is 1. The van der Waals surface area contributed by atoms with Gasteiger partial charge in [-0.1, -0.05) is 19.1 Å². The van der Waals surface area contributed by atoms with Gasteiger partial charge in [-0.2, -0.15) is 0 Å². The van der Waals surface area contributed by atoms with Gasteiger partial charge in [0.1, 0.15) is 10.8 Å². The van der Waals surface area contributed by atoms with Crippen molar-refractivity contribution in [2.45, 2.75) is 32.7 Å². The minimum Gasteiger partial charge on any atom is -0.396 e. The second-order valence-electron chi connectivity index (χ2n) is 6.41. The third-order valence-electron chi connectivity index (χ3n) is 5.04. The number of hydrogen-bond donors (Lipinski definition) is 1. The number of benzene rings is 1. The van der Waals surface area contributed by atoms with E-state index < -0.39 is 0 Å². The Hall–Kier alpha value is -1.30. The zero-order valence-corrected chi connectivity index (χ0v) is 14.3. The van der Waals surface area contributed by atoms with E-state index >= 15 is 0 Å². The fourth-order valence-electron chi connectivity index (χ4n) is 3.18. The van der Waals surface area contributed by atoms with E-state index in [2.05, 4.69) is 16.8 Å². The Bertz CT molecular complexity index is 644. The number of rotatable bonds is 5. The summed E-state index contributed by atoms with van der Waals surface area (Å²) >= 11 is 1.50. The molecule has 2 aromatic rings. The SMILES string of the molecule is CCC1(CO)CCN(Cc2csc(-c3ccccc3F)n2)CC1. The smallest absolute Gasteiger partial charge is 0.133 e. The first-order chi connectivity index (χ1) is 11.2. The van der Waals surface area contributed by atoms with Crippen molar-refractivity contribution in [2.75, 3.05) is 19.7 Å². The number of aliphatic hydroxyl groups excluding tert-OH is 1. The van der Waals surface area contributed by atoms with E-state index in [1.807, 2.05) is 11.4 Å². The summed E-state index contributed by atoms with van der Waals surface area (Å²) < 4.78 is 13.8. The Kier molecular flexibility index (Phi) is 5.09. The molecule has 0 atom stereocenters. The topological polar surface area (TPSA) is 36.4 Å². The van der Waals surface area contributed by atoms with Crippen LogP contribution in [0.4, 0.5) is 4.39 Å². The Balaban J connectivity index is 1.64. The largest absolute Gasteiger partial charge is 0.396 e. The standard InChI is InChI=1S/C18H23FN2OS/c1-2-18(13-22)7-9-21(10-8-18)11-14-12-23-17(20-14)15-5-3-4-6-16(15)19/h3-6,12,22H,2,7-11,13H2,1H3. The molecule has 0 bridgehead atoms. The fraction of sp³-hybridized carbons (Fsp3) is 0.500. The van der Waals surface area contributed by atoms with E-state index in [1.54, 1.807) is 12.1 Å². The number of nitrogens with zero attached hydrogens (tertiary/aromatic N) is 2. The highest BCUT2D eigenvalue weighted by molar-refractivity contribution is 7.13. The van der Waals surface area contributed by atoms with Gasteiger partial charge in [0, 0.05) is 24.1 Å². The van der Waals surface area contributed by atoms with Crippen molar-refractivity contribution in [3.8, 4) is 10.6 Å².